The van der Waals surface area contributed by atoms with E-state index in [1.54, 1.807) is 35.2 Å². The summed E-state index contributed by atoms with van der Waals surface area (Å²) in [4.78, 5) is 51.0. The number of hydrogen-bond donors (Lipinski definition) is 4. The third-order valence-electron chi connectivity index (χ3n) is 7.65. The van der Waals surface area contributed by atoms with Crippen molar-refractivity contribution in [1.29, 1.82) is 0 Å². The van der Waals surface area contributed by atoms with Crippen molar-refractivity contribution in [2.45, 2.75) is 44.5 Å². The lowest BCUT2D eigenvalue weighted by molar-refractivity contribution is -0.136. The van der Waals surface area contributed by atoms with Crippen LogP contribution in [0.2, 0.25) is 0 Å². The van der Waals surface area contributed by atoms with Gasteiger partial charge >= 0.3 is 0 Å². The molecule has 0 radical (unpaired) electrons. The number of carbonyl (C=O) groups is 4. The van der Waals surface area contributed by atoms with Crippen molar-refractivity contribution in [3.8, 4) is 0 Å². The molecule has 1 aliphatic carbocycles. The number of aromatic nitrogens is 3. The van der Waals surface area contributed by atoms with Gasteiger partial charge in [0.15, 0.2) is 0 Å². The van der Waals surface area contributed by atoms with Gasteiger partial charge in [0.1, 0.15) is 11.7 Å². The first kappa shape index (κ1) is 35.0. The van der Waals surface area contributed by atoms with Gasteiger partial charge in [0, 0.05) is 31.2 Å². The number of amides is 4. The topological polar surface area (TPSA) is 226 Å². The molecule has 17 nitrogen and oxygen atoms in total. The predicted molar refractivity (Wildman–Crippen MR) is 170 cm³/mol. The Morgan fingerprint density at radius 2 is 1.79 bits per heavy atom. The number of piperidine rings is 1. The van der Waals surface area contributed by atoms with Crippen LogP contribution in [0.5, 0.6) is 0 Å². The van der Waals surface area contributed by atoms with Gasteiger partial charge in [-0.05, 0) is 31.1 Å². The number of allylic oxidation sites excluding steroid dienone is 1. The van der Waals surface area contributed by atoms with E-state index in [1.807, 2.05) is 0 Å². The van der Waals surface area contributed by atoms with Crippen molar-refractivity contribution in [2.24, 2.45) is 5.73 Å². The van der Waals surface area contributed by atoms with Crippen molar-refractivity contribution in [1.82, 2.24) is 29.9 Å². The Hall–Kier alpha value is -4.33. The van der Waals surface area contributed by atoms with E-state index in [0.29, 0.717) is 57.3 Å². The number of nitrogens with two attached hydrogens (primary N) is 1. The fourth-order valence-corrected chi connectivity index (χ4v) is 6.33. The van der Waals surface area contributed by atoms with Crippen LogP contribution in [0.4, 0.5) is 5.69 Å². The molecule has 2 atom stereocenters. The van der Waals surface area contributed by atoms with Gasteiger partial charge in [-0.3, -0.25) is 29.4 Å². The monoisotopic (exact) mass is 686 g/mol. The number of imide groups is 2. The third-order valence-corrected chi connectivity index (χ3v) is 9.16. The molecule has 18 heteroatoms. The molecule has 5 N–H and O–H groups in total. The number of hydrogen-bond acceptors (Lipinski definition) is 13. The number of anilines is 1. The van der Waals surface area contributed by atoms with E-state index in [4.69, 9.17) is 19.9 Å². The van der Waals surface area contributed by atoms with Gasteiger partial charge in [-0.2, -0.15) is 0 Å². The average Bonchev–Trinajstić information content (AvgIpc) is 3.62. The summed E-state index contributed by atoms with van der Waals surface area (Å²) in [6.45, 7) is 2.62. The molecule has 3 heterocycles. The van der Waals surface area contributed by atoms with Gasteiger partial charge < -0.3 is 25.3 Å². The minimum absolute atomic E-state index is 0.0543. The van der Waals surface area contributed by atoms with Gasteiger partial charge in [-0.25, -0.2) is 17.8 Å². The number of benzene rings is 1. The average molecular weight is 687 g/mol. The van der Waals surface area contributed by atoms with E-state index < -0.39 is 39.7 Å². The number of carbonyl (C=O) groups excluding carboxylic acids is 4. The Kier molecular flexibility index (Phi) is 11.8. The molecular formula is C30H38N8O9S. The summed E-state index contributed by atoms with van der Waals surface area (Å²) in [6, 6.07) is 3.68. The van der Waals surface area contributed by atoms with Crippen molar-refractivity contribution >= 4 is 39.3 Å². The highest BCUT2D eigenvalue weighted by atomic mass is 32.2. The fourth-order valence-electron chi connectivity index (χ4n) is 5.24. The van der Waals surface area contributed by atoms with E-state index >= 15 is 0 Å². The first-order chi connectivity index (χ1) is 23.1. The van der Waals surface area contributed by atoms with Gasteiger partial charge in [-0.1, -0.05) is 23.4 Å². The summed E-state index contributed by atoms with van der Waals surface area (Å²) in [6.07, 6.45) is 7.09. The van der Waals surface area contributed by atoms with E-state index in [-0.39, 0.29) is 54.7 Å². The smallest absolute Gasteiger partial charge is 0.264 e. The number of nitrogens with one attached hydrogen (secondary N) is 3. The first-order valence-electron chi connectivity index (χ1n) is 15.5. The number of nitrogens with zero attached hydrogens (tertiary/aromatic N) is 4. The summed E-state index contributed by atoms with van der Waals surface area (Å²) >= 11 is 0. The maximum absolute atomic E-state index is 13.2. The molecule has 1 saturated heterocycles. The fraction of sp³-hybridized carbons (Fsp3) is 0.467. The second-order valence-corrected chi connectivity index (χ2v) is 12.9. The highest BCUT2D eigenvalue weighted by Gasteiger charge is 2.45. The van der Waals surface area contributed by atoms with E-state index in [0.717, 1.165) is 4.90 Å². The Balaban J connectivity index is 0.923. The van der Waals surface area contributed by atoms with Gasteiger partial charge in [0.25, 0.3) is 11.8 Å². The molecule has 48 heavy (non-hydrogen) atoms. The first-order valence-corrected chi connectivity index (χ1v) is 17.0. The molecular weight excluding hydrogens is 648 g/mol. The van der Waals surface area contributed by atoms with Gasteiger partial charge in [0.2, 0.25) is 21.8 Å². The summed E-state index contributed by atoms with van der Waals surface area (Å²) in [5, 5.41) is 13.4. The lowest BCUT2D eigenvalue weighted by atomic mass is 10.0. The molecule has 5 rings (SSSR count). The summed E-state index contributed by atoms with van der Waals surface area (Å²) in [5.74, 6) is -2.22. The zero-order valence-electron chi connectivity index (χ0n) is 26.1. The van der Waals surface area contributed by atoms with Crippen LogP contribution in [0.25, 0.3) is 0 Å². The molecule has 1 aromatic heterocycles. The SMILES string of the molecule is NC1C=CC(S(=O)(=O)NCCOCc2cn(CCOCCOCCNc3cccc4c3C(=O)N(C3CCC(=O)NC3=O)C4=O)nn2)=CC1. The zero-order valence-corrected chi connectivity index (χ0v) is 26.9. The quantitative estimate of drug-likeness (QED) is 0.114. The maximum atomic E-state index is 13.2. The van der Waals surface area contributed by atoms with Gasteiger partial charge in [0.05, 0.1) is 68.4 Å². The molecule has 258 valence electrons. The molecule has 2 aliphatic heterocycles. The minimum Gasteiger partial charge on any atom is -0.382 e. The lowest BCUT2D eigenvalue weighted by Crippen LogP contribution is -2.54. The third kappa shape index (κ3) is 8.77. The molecule has 0 spiro atoms. The van der Waals surface area contributed by atoms with Gasteiger partial charge in [-0.15, -0.1) is 5.10 Å². The summed E-state index contributed by atoms with van der Waals surface area (Å²) < 4.78 is 45.4. The highest BCUT2D eigenvalue weighted by Crippen LogP contribution is 2.32. The zero-order chi connectivity index (χ0) is 34.1. The van der Waals surface area contributed by atoms with Crippen molar-refractivity contribution in [3.63, 3.8) is 0 Å². The standard InChI is InChI=1S/C30H38N8O9S/c31-20-4-6-22(7-5-20)48(43,44)33-11-14-47-19-21-18-37(36-35-21)12-15-46-17-16-45-13-10-32-24-3-1-2-23-27(24)30(42)38(29(23)41)25-8-9-26(39)34-28(25)40/h1-4,6-7,18,20,25,32-33H,5,8-17,19,31H2,(H,34,39,40). The van der Waals surface area contributed by atoms with E-state index in [1.165, 1.54) is 12.1 Å². The van der Waals surface area contributed by atoms with Crippen LogP contribution in [0.3, 0.4) is 0 Å². The number of fused-ring (bicyclic) bond motifs is 1. The lowest BCUT2D eigenvalue weighted by Gasteiger charge is -2.27. The number of ether oxygens (including phenoxy) is 3. The highest BCUT2D eigenvalue weighted by molar-refractivity contribution is 7.93. The molecule has 1 fully saturated rings. The largest absolute Gasteiger partial charge is 0.382 e. The number of sulfonamides is 1. The molecule has 4 amide bonds. The molecule has 1 aromatic carbocycles. The molecule has 3 aliphatic rings. The minimum atomic E-state index is -3.60. The van der Waals surface area contributed by atoms with Crippen LogP contribution in [0.15, 0.2) is 47.5 Å². The second-order valence-electron chi connectivity index (χ2n) is 11.1. The van der Waals surface area contributed by atoms with Crippen LogP contribution in [-0.2, 0) is 47.0 Å². The van der Waals surface area contributed by atoms with Crippen molar-refractivity contribution < 1.29 is 41.8 Å². The second kappa shape index (κ2) is 16.2. The van der Waals surface area contributed by atoms with Crippen LogP contribution in [-0.4, -0.2) is 110 Å². The predicted octanol–water partition coefficient (Wildman–Crippen LogP) is -0.568. The van der Waals surface area contributed by atoms with Crippen LogP contribution in [0, 0.1) is 0 Å². The Morgan fingerprint density at radius 1 is 1.00 bits per heavy atom. The maximum Gasteiger partial charge on any atom is 0.264 e. The van der Waals surface area contributed by atoms with Crippen molar-refractivity contribution in [3.05, 3.63) is 64.3 Å². The Bertz CT molecular complexity index is 1690. The molecule has 2 unspecified atom stereocenters. The van der Waals surface area contributed by atoms with Crippen LogP contribution < -0.4 is 21.1 Å². The molecule has 0 bridgehead atoms. The summed E-state index contributed by atoms with van der Waals surface area (Å²) in [5.41, 5.74) is 7.18. The molecule has 0 saturated carbocycles. The normalized spacial score (nSPS) is 19.4. The number of rotatable bonds is 18. The van der Waals surface area contributed by atoms with Crippen molar-refractivity contribution in [2.75, 3.05) is 51.4 Å². The Labute approximate surface area is 276 Å². The molecule has 2 aromatic rings. The van der Waals surface area contributed by atoms with Crippen LogP contribution in [0.1, 0.15) is 45.7 Å². The Morgan fingerprint density at radius 3 is 2.56 bits per heavy atom. The van der Waals surface area contributed by atoms with E-state index in [9.17, 15) is 27.6 Å². The van der Waals surface area contributed by atoms with E-state index in [2.05, 4.69) is 25.7 Å². The van der Waals surface area contributed by atoms with Crippen LogP contribution >= 0.6 is 0 Å². The summed E-state index contributed by atoms with van der Waals surface area (Å²) in [7, 11) is -3.60.